The first-order chi connectivity index (χ1) is 14.4. The number of sulfonamides is 1. The lowest BCUT2D eigenvalue weighted by Gasteiger charge is -2.20. The minimum Gasteiger partial charge on any atom is -0.495 e. The Morgan fingerprint density at radius 1 is 0.935 bits per heavy atom. The molecule has 2 aromatic carbocycles. The number of nitrogens with zero attached hydrogens (tertiary/aromatic N) is 1. The predicted octanol–water partition coefficient (Wildman–Crippen LogP) is 1.79. The van der Waals surface area contributed by atoms with Gasteiger partial charge in [0.1, 0.15) is 5.75 Å². The number of methoxy groups -OCH3 is 1. The lowest BCUT2D eigenvalue weighted by molar-refractivity contribution is -0.121. The molecule has 0 spiro atoms. The summed E-state index contributed by atoms with van der Waals surface area (Å²) in [7, 11) is -6.03. The van der Waals surface area contributed by atoms with Crippen molar-refractivity contribution in [3.8, 4) is 5.75 Å². The van der Waals surface area contributed by atoms with Gasteiger partial charge in [-0.05, 0) is 42.8 Å². The molecule has 1 aliphatic heterocycles. The average molecular weight is 467 g/mol. The molecule has 2 amide bonds. The maximum absolute atomic E-state index is 12.9. The van der Waals surface area contributed by atoms with Crippen LogP contribution in [0.1, 0.15) is 31.4 Å². The number of amides is 2. The highest BCUT2D eigenvalue weighted by atomic mass is 32.2. The molecule has 1 saturated heterocycles. The third-order valence-electron chi connectivity index (χ3n) is 4.89. The number of hydrogen-bond donors (Lipinski definition) is 1. The number of carbonyl (C=O) groups is 2. The van der Waals surface area contributed by atoms with E-state index in [1.165, 1.54) is 49.6 Å². The van der Waals surface area contributed by atoms with Crippen LogP contribution < -0.4 is 14.4 Å². The Bertz CT molecular complexity index is 1220. The van der Waals surface area contributed by atoms with E-state index in [9.17, 15) is 26.4 Å². The maximum Gasteiger partial charge on any atom is 0.241 e. The summed E-state index contributed by atoms with van der Waals surface area (Å²) in [6, 6.07) is 9.14. The van der Waals surface area contributed by atoms with Gasteiger partial charge in [0.15, 0.2) is 9.84 Å². The van der Waals surface area contributed by atoms with E-state index < -0.39 is 37.7 Å². The minimum atomic E-state index is -4.03. The van der Waals surface area contributed by atoms with Crippen LogP contribution in [0, 0.1) is 0 Å². The summed E-state index contributed by atoms with van der Waals surface area (Å²) < 4.78 is 56.8. The molecule has 31 heavy (non-hydrogen) atoms. The van der Waals surface area contributed by atoms with Crippen molar-refractivity contribution in [3.63, 3.8) is 0 Å². The lowest BCUT2D eigenvalue weighted by Crippen LogP contribution is -2.30. The van der Waals surface area contributed by atoms with Crippen LogP contribution >= 0.6 is 0 Å². The van der Waals surface area contributed by atoms with Gasteiger partial charge in [-0.25, -0.2) is 26.5 Å². The molecule has 9 nitrogen and oxygen atoms in total. The molecular weight excluding hydrogens is 444 g/mol. The van der Waals surface area contributed by atoms with E-state index in [1.54, 1.807) is 6.92 Å². The zero-order valence-corrected chi connectivity index (χ0v) is 18.8. The van der Waals surface area contributed by atoms with Gasteiger partial charge in [-0.15, -0.1) is 0 Å². The summed E-state index contributed by atoms with van der Waals surface area (Å²) in [5.41, 5.74) is 0.637. The zero-order chi connectivity index (χ0) is 23.0. The average Bonchev–Trinajstić information content (AvgIpc) is 3.04. The fraction of sp³-hybridized carbons (Fsp3) is 0.300. The molecule has 0 unspecified atom stereocenters. The van der Waals surface area contributed by atoms with Gasteiger partial charge in [-0.3, -0.25) is 9.59 Å². The van der Waals surface area contributed by atoms with Crippen LogP contribution in [0.4, 0.5) is 5.69 Å². The molecule has 0 saturated carbocycles. The molecule has 166 valence electrons. The molecule has 1 heterocycles. The number of benzene rings is 2. The first-order valence-electron chi connectivity index (χ1n) is 9.30. The third kappa shape index (κ3) is 4.78. The van der Waals surface area contributed by atoms with Crippen molar-refractivity contribution < 1.29 is 31.2 Å². The van der Waals surface area contributed by atoms with Gasteiger partial charge in [-0.2, -0.15) is 0 Å². The second-order valence-corrected chi connectivity index (χ2v) is 10.9. The number of anilines is 1. The van der Waals surface area contributed by atoms with Gasteiger partial charge in [0, 0.05) is 25.1 Å². The number of carbonyl (C=O) groups excluding carboxylic acids is 2. The molecule has 0 radical (unpaired) electrons. The van der Waals surface area contributed by atoms with Crippen LogP contribution in [0.25, 0.3) is 0 Å². The van der Waals surface area contributed by atoms with Crippen molar-refractivity contribution in [2.45, 2.75) is 35.6 Å². The Morgan fingerprint density at radius 3 is 2.00 bits per heavy atom. The Kier molecular flexibility index (Phi) is 6.21. The Hall–Kier alpha value is -2.76. The first-order valence-corrected chi connectivity index (χ1v) is 12.7. The molecule has 1 fully saturated rings. The highest BCUT2D eigenvalue weighted by Gasteiger charge is 2.33. The second kappa shape index (κ2) is 8.40. The number of imide groups is 1. The molecule has 0 bridgehead atoms. The smallest absolute Gasteiger partial charge is 0.241 e. The first kappa shape index (κ1) is 22.9. The molecule has 1 atom stereocenters. The van der Waals surface area contributed by atoms with Crippen LogP contribution in [-0.2, 0) is 29.4 Å². The van der Waals surface area contributed by atoms with Crippen molar-refractivity contribution in [2.24, 2.45) is 0 Å². The van der Waals surface area contributed by atoms with Crippen LogP contribution in [0.5, 0.6) is 5.75 Å². The topological polar surface area (TPSA) is 127 Å². The number of hydrogen-bond acceptors (Lipinski definition) is 7. The Labute approximate surface area is 181 Å². The van der Waals surface area contributed by atoms with Crippen LogP contribution in [0.15, 0.2) is 52.3 Å². The van der Waals surface area contributed by atoms with Crippen molar-refractivity contribution in [2.75, 3.05) is 18.3 Å². The number of rotatable bonds is 7. The number of nitrogens with one attached hydrogen (secondary N) is 1. The highest BCUT2D eigenvalue weighted by molar-refractivity contribution is 7.90. The van der Waals surface area contributed by atoms with Gasteiger partial charge in [0.25, 0.3) is 0 Å². The normalized spacial score (nSPS) is 15.9. The third-order valence-corrected chi connectivity index (χ3v) is 7.56. The predicted molar refractivity (Wildman–Crippen MR) is 113 cm³/mol. The fourth-order valence-corrected chi connectivity index (χ4v) is 5.11. The Balaban J connectivity index is 1.90. The van der Waals surface area contributed by atoms with Crippen molar-refractivity contribution in [1.82, 2.24) is 4.72 Å². The highest BCUT2D eigenvalue weighted by Crippen LogP contribution is 2.34. The van der Waals surface area contributed by atoms with Crippen molar-refractivity contribution in [1.29, 1.82) is 0 Å². The quantitative estimate of drug-likeness (QED) is 0.616. The maximum atomic E-state index is 12.9. The van der Waals surface area contributed by atoms with Crippen LogP contribution in [0.3, 0.4) is 0 Å². The summed E-state index contributed by atoms with van der Waals surface area (Å²) in [5, 5.41) is 0. The summed E-state index contributed by atoms with van der Waals surface area (Å²) in [5.74, 6) is -0.651. The molecule has 1 aliphatic rings. The molecular formula is C20H22N2O7S2. The summed E-state index contributed by atoms with van der Waals surface area (Å²) >= 11 is 0. The van der Waals surface area contributed by atoms with E-state index in [-0.39, 0.29) is 34.1 Å². The van der Waals surface area contributed by atoms with Gasteiger partial charge < -0.3 is 4.74 Å². The van der Waals surface area contributed by atoms with E-state index in [0.29, 0.717) is 5.56 Å². The van der Waals surface area contributed by atoms with Gasteiger partial charge in [0.05, 0.1) is 22.6 Å². The van der Waals surface area contributed by atoms with E-state index in [1.807, 2.05) is 0 Å². The monoisotopic (exact) mass is 466 g/mol. The number of ether oxygens (including phenoxy) is 1. The van der Waals surface area contributed by atoms with E-state index in [4.69, 9.17) is 4.74 Å². The largest absolute Gasteiger partial charge is 0.495 e. The van der Waals surface area contributed by atoms with Gasteiger partial charge in [0.2, 0.25) is 21.8 Å². The molecule has 2 aromatic rings. The standard InChI is InChI=1S/C20H22N2O7S2/c1-13(14-4-6-15(7-5-14)30(3,25)26)21-31(27,28)16-8-9-18(29-2)17(12-16)22-19(23)10-11-20(22)24/h4-9,12-13,21H,10-11H2,1-3H3/t13-/m1/s1. The minimum absolute atomic E-state index is 0.0533. The molecule has 0 aliphatic carbocycles. The summed E-state index contributed by atoms with van der Waals surface area (Å²) in [4.78, 5) is 25.2. The second-order valence-electron chi connectivity index (χ2n) is 7.14. The fourth-order valence-electron chi connectivity index (χ4n) is 3.23. The van der Waals surface area contributed by atoms with E-state index in [2.05, 4.69) is 4.72 Å². The Morgan fingerprint density at radius 2 is 1.48 bits per heavy atom. The molecule has 1 N–H and O–H groups in total. The van der Waals surface area contributed by atoms with Crippen LogP contribution in [-0.4, -0.2) is 42.0 Å². The lowest BCUT2D eigenvalue weighted by atomic mass is 10.1. The summed E-state index contributed by atoms with van der Waals surface area (Å²) in [6.07, 6.45) is 1.20. The zero-order valence-electron chi connectivity index (χ0n) is 17.2. The van der Waals surface area contributed by atoms with Crippen molar-refractivity contribution in [3.05, 3.63) is 48.0 Å². The van der Waals surface area contributed by atoms with E-state index >= 15 is 0 Å². The molecule has 3 rings (SSSR count). The van der Waals surface area contributed by atoms with Gasteiger partial charge in [-0.1, -0.05) is 12.1 Å². The van der Waals surface area contributed by atoms with E-state index in [0.717, 1.165) is 11.2 Å². The molecule has 0 aromatic heterocycles. The van der Waals surface area contributed by atoms with Gasteiger partial charge >= 0.3 is 0 Å². The molecule has 11 heteroatoms. The summed E-state index contributed by atoms with van der Waals surface area (Å²) in [6.45, 7) is 1.62. The van der Waals surface area contributed by atoms with Crippen LogP contribution in [0.2, 0.25) is 0 Å². The van der Waals surface area contributed by atoms with Crippen molar-refractivity contribution >= 4 is 37.4 Å². The number of sulfone groups is 1. The SMILES string of the molecule is COc1ccc(S(=O)(=O)N[C@H](C)c2ccc(S(C)(=O)=O)cc2)cc1N1C(=O)CCC1=O.